The standard InChI is InChI=1S/C21H27ClN2O2S/c22-18-4-1-5-19(16-18)26-14-3-11-24-12-8-17(9-13-24)21(25)23-10-7-20-6-2-15-27-20/h1-2,4-6,15-17H,3,7-14H2,(H,23,25). The highest BCUT2D eigenvalue weighted by Crippen LogP contribution is 2.19. The second-order valence-electron chi connectivity index (χ2n) is 6.90. The summed E-state index contributed by atoms with van der Waals surface area (Å²) in [6.07, 6.45) is 3.79. The number of halogens is 1. The highest BCUT2D eigenvalue weighted by molar-refractivity contribution is 7.09. The Morgan fingerprint density at radius 3 is 2.85 bits per heavy atom. The zero-order chi connectivity index (χ0) is 18.9. The van der Waals surface area contributed by atoms with Gasteiger partial charge in [-0.05, 0) is 68.4 Å². The van der Waals surface area contributed by atoms with Gasteiger partial charge in [0.25, 0.3) is 0 Å². The molecule has 1 amide bonds. The number of thiophene rings is 1. The van der Waals surface area contributed by atoms with Crippen molar-refractivity contribution in [3.05, 3.63) is 51.7 Å². The molecule has 1 saturated heterocycles. The predicted octanol–water partition coefficient (Wildman–Crippen LogP) is 4.24. The molecular weight excluding hydrogens is 380 g/mol. The minimum absolute atomic E-state index is 0.160. The van der Waals surface area contributed by atoms with Crippen LogP contribution >= 0.6 is 22.9 Å². The molecule has 3 rings (SSSR count). The van der Waals surface area contributed by atoms with Crippen molar-refractivity contribution in [2.24, 2.45) is 5.92 Å². The van der Waals surface area contributed by atoms with Crippen molar-refractivity contribution in [1.82, 2.24) is 10.2 Å². The quantitative estimate of drug-likeness (QED) is 0.633. The van der Waals surface area contributed by atoms with Gasteiger partial charge in [-0.2, -0.15) is 0 Å². The zero-order valence-corrected chi connectivity index (χ0v) is 17.1. The number of nitrogens with one attached hydrogen (secondary N) is 1. The number of benzene rings is 1. The molecule has 1 aliphatic heterocycles. The third-order valence-corrected chi connectivity index (χ3v) is 6.06. The number of carbonyl (C=O) groups excluding carboxylic acids is 1. The largest absolute Gasteiger partial charge is 0.493 e. The van der Waals surface area contributed by atoms with E-state index < -0.39 is 0 Å². The molecule has 0 atom stereocenters. The number of ether oxygens (including phenoxy) is 1. The molecule has 0 aliphatic carbocycles. The van der Waals surface area contributed by atoms with E-state index in [2.05, 4.69) is 27.7 Å². The van der Waals surface area contributed by atoms with E-state index in [1.165, 1.54) is 4.88 Å². The first-order valence-electron chi connectivity index (χ1n) is 9.61. The molecule has 0 saturated carbocycles. The van der Waals surface area contributed by atoms with Gasteiger partial charge in [0.15, 0.2) is 0 Å². The van der Waals surface area contributed by atoms with Crippen LogP contribution in [0.5, 0.6) is 5.75 Å². The third kappa shape index (κ3) is 6.83. The van der Waals surface area contributed by atoms with Crippen LogP contribution in [-0.2, 0) is 11.2 Å². The average Bonchev–Trinajstić information content (AvgIpc) is 3.19. The Morgan fingerprint density at radius 2 is 2.11 bits per heavy atom. The number of hydrogen-bond donors (Lipinski definition) is 1. The van der Waals surface area contributed by atoms with Crippen LogP contribution in [0.25, 0.3) is 0 Å². The van der Waals surface area contributed by atoms with E-state index in [9.17, 15) is 4.79 Å². The molecule has 0 unspecified atom stereocenters. The van der Waals surface area contributed by atoms with E-state index >= 15 is 0 Å². The molecule has 27 heavy (non-hydrogen) atoms. The molecule has 0 bridgehead atoms. The molecule has 2 aromatic rings. The maximum atomic E-state index is 12.3. The van der Waals surface area contributed by atoms with Gasteiger partial charge in [0.1, 0.15) is 5.75 Å². The summed E-state index contributed by atoms with van der Waals surface area (Å²) >= 11 is 7.70. The van der Waals surface area contributed by atoms with Crippen LogP contribution in [0.15, 0.2) is 41.8 Å². The highest BCUT2D eigenvalue weighted by Gasteiger charge is 2.24. The first-order chi connectivity index (χ1) is 13.2. The first kappa shape index (κ1) is 20.2. The van der Waals surface area contributed by atoms with E-state index in [-0.39, 0.29) is 11.8 Å². The van der Waals surface area contributed by atoms with Crippen LogP contribution in [-0.4, -0.2) is 43.6 Å². The first-order valence-corrected chi connectivity index (χ1v) is 10.9. The molecule has 146 valence electrons. The summed E-state index contributed by atoms with van der Waals surface area (Å²) in [5.74, 6) is 1.20. The van der Waals surface area contributed by atoms with Crippen LogP contribution in [0.3, 0.4) is 0 Å². The number of hydrogen-bond acceptors (Lipinski definition) is 4. The summed E-state index contributed by atoms with van der Waals surface area (Å²) in [4.78, 5) is 16.1. The van der Waals surface area contributed by atoms with Gasteiger partial charge in [-0.15, -0.1) is 11.3 Å². The van der Waals surface area contributed by atoms with Crippen molar-refractivity contribution in [3.8, 4) is 5.75 Å². The summed E-state index contributed by atoms with van der Waals surface area (Å²) in [6, 6.07) is 11.7. The topological polar surface area (TPSA) is 41.6 Å². The Morgan fingerprint density at radius 1 is 1.26 bits per heavy atom. The molecule has 0 spiro atoms. The summed E-state index contributed by atoms with van der Waals surface area (Å²) in [7, 11) is 0. The van der Waals surface area contributed by atoms with Crippen molar-refractivity contribution in [2.45, 2.75) is 25.7 Å². The van der Waals surface area contributed by atoms with Gasteiger partial charge in [0, 0.05) is 28.9 Å². The van der Waals surface area contributed by atoms with Crippen LogP contribution in [0.4, 0.5) is 0 Å². The van der Waals surface area contributed by atoms with Gasteiger partial charge >= 0.3 is 0 Å². The number of piperidine rings is 1. The van der Waals surface area contributed by atoms with Crippen LogP contribution in [0, 0.1) is 5.92 Å². The zero-order valence-electron chi connectivity index (χ0n) is 15.5. The summed E-state index contributed by atoms with van der Waals surface area (Å²) in [5, 5.41) is 5.87. The Hall–Kier alpha value is -1.56. The molecule has 1 fully saturated rings. The lowest BCUT2D eigenvalue weighted by molar-refractivity contribution is -0.126. The van der Waals surface area contributed by atoms with Crippen molar-refractivity contribution in [2.75, 3.05) is 32.8 Å². The van der Waals surface area contributed by atoms with Crippen LogP contribution in [0.2, 0.25) is 5.02 Å². The highest BCUT2D eigenvalue weighted by atomic mass is 35.5. The SMILES string of the molecule is O=C(NCCc1cccs1)C1CCN(CCCOc2cccc(Cl)c2)CC1. The van der Waals surface area contributed by atoms with Gasteiger partial charge in [-0.25, -0.2) is 0 Å². The van der Waals surface area contributed by atoms with Crippen molar-refractivity contribution in [1.29, 1.82) is 0 Å². The van der Waals surface area contributed by atoms with E-state index in [0.29, 0.717) is 11.6 Å². The Kier molecular flexibility index (Phi) is 7.99. The molecule has 1 N–H and O–H groups in total. The Labute approximate surface area is 170 Å². The van der Waals surface area contributed by atoms with Crippen molar-refractivity contribution in [3.63, 3.8) is 0 Å². The second kappa shape index (κ2) is 10.7. The second-order valence-corrected chi connectivity index (χ2v) is 8.36. The lowest BCUT2D eigenvalue weighted by Crippen LogP contribution is -2.41. The average molecular weight is 407 g/mol. The third-order valence-electron chi connectivity index (χ3n) is 4.89. The number of rotatable bonds is 9. The van der Waals surface area contributed by atoms with Crippen molar-refractivity contribution < 1.29 is 9.53 Å². The Bertz CT molecular complexity index is 700. The number of amides is 1. The molecule has 1 aliphatic rings. The number of likely N-dealkylation sites (tertiary alicyclic amines) is 1. The Balaban J connectivity index is 1.26. The number of nitrogens with zero attached hydrogens (tertiary/aromatic N) is 1. The maximum absolute atomic E-state index is 12.3. The lowest BCUT2D eigenvalue weighted by atomic mass is 9.96. The summed E-state index contributed by atoms with van der Waals surface area (Å²) < 4.78 is 5.74. The van der Waals surface area contributed by atoms with Gasteiger partial charge in [0.05, 0.1) is 6.61 Å². The molecule has 2 heterocycles. The fourth-order valence-electron chi connectivity index (χ4n) is 3.36. The van der Waals surface area contributed by atoms with Gasteiger partial charge in [-0.1, -0.05) is 23.7 Å². The van der Waals surface area contributed by atoms with Gasteiger partial charge < -0.3 is 15.0 Å². The van der Waals surface area contributed by atoms with Gasteiger partial charge in [0.2, 0.25) is 5.91 Å². The maximum Gasteiger partial charge on any atom is 0.223 e. The van der Waals surface area contributed by atoms with E-state index in [4.69, 9.17) is 16.3 Å². The van der Waals surface area contributed by atoms with Crippen molar-refractivity contribution >= 4 is 28.8 Å². The fourth-order valence-corrected chi connectivity index (χ4v) is 4.25. The molecule has 4 nitrogen and oxygen atoms in total. The van der Waals surface area contributed by atoms with Crippen LogP contribution < -0.4 is 10.1 Å². The molecule has 0 radical (unpaired) electrons. The van der Waals surface area contributed by atoms with E-state index in [1.54, 1.807) is 11.3 Å². The molecule has 6 heteroatoms. The molecular formula is C21H27ClN2O2S. The predicted molar refractivity (Wildman–Crippen MR) is 112 cm³/mol. The smallest absolute Gasteiger partial charge is 0.223 e. The van der Waals surface area contributed by atoms with Gasteiger partial charge in [-0.3, -0.25) is 4.79 Å². The van der Waals surface area contributed by atoms with E-state index in [1.807, 2.05) is 24.3 Å². The minimum Gasteiger partial charge on any atom is -0.493 e. The molecule has 1 aromatic carbocycles. The summed E-state index contributed by atoms with van der Waals surface area (Å²) in [5.41, 5.74) is 0. The number of carbonyl (C=O) groups is 1. The normalized spacial score (nSPS) is 15.6. The van der Waals surface area contributed by atoms with E-state index in [0.717, 1.165) is 57.6 Å². The summed E-state index contributed by atoms with van der Waals surface area (Å²) in [6.45, 7) is 4.40. The van der Waals surface area contributed by atoms with Crippen LogP contribution in [0.1, 0.15) is 24.1 Å². The monoisotopic (exact) mass is 406 g/mol. The molecule has 1 aromatic heterocycles. The fraction of sp³-hybridized carbons (Fsp3) is 0.476. The lowest BCUT2D eigenvalue weighted by Gasteiger charge is -2.31. The minimum atomic E-state index is 0.160.